The van der Waals surface area contributed by atoms with Gasteiger partial charge in [-0.1, -0.05) is 11.6 Å². The minimum atomic E-state index is -1.05. The lowest BCUT2D eigenvalue weighted by atomic mass is 9.99. The van der Waals surface area contributed by atoms with Crippen LogP contribution in [-0.4, -0.2) is 46.4 Å². The average Bonchev–Trinajstić information content (AvgIpc) is 2.97. The van der Waals surface area contributed by atoms with E-state index in [1.807, 2.05) is 0 Å². The van der Waals surface area contributed by atoms with Gasteiger partial charge in [0, 0.05) is 6.54 Å². The summed E-state index contributed by atoms with van der Waals surface area (Å²) < 4.78 is 0. The lowest BCUT2D eigenvalue weighted by Crippen LogP contribution is -2.49. The molecule has 9 heteroatoms. The number of pyridine rings is 1. The maximum atomic E-state index is 12.4. The molecule has 0 bridgehead atoms. The second-order valence-electron chi connectivity index (χ2n) is 5.07. The molecule has 2 aliphatic heterocycles. The molecule has 0 radical (unpaired) electrons. The second-order valence-corrected chi connectivity index (χ2v) is 5.43. The summed E-state index contributed by atoms with van der Waals surface area (Å²) >= 11 is 5.91. The summed E-state index contributed by atoms with van der Waals surface area (Å²) in [5.41, 5.74) is 5.06. The van der Waals surface area contributed by atoms with E-state index < -0.39 is 17.5 Å². The SMILES string of the molecule is Nc1cnc(Cl)c(C(=O)N2CCC3(C2)NC(=O)NC3=O)c1. The number of carbonyl (C=O) groups excluding carboxylic acids is 3. The van der Waals surface area contributed by atoms with Crippen molar-refractivity contribution in [3.05, 3.63) is 23.0 Å². The molecule has 1 atom stereocenters. The van der Waals surface area contributed by atoms with Crippen LogP contribution in [0.5, 0.6) is 0 Å². The fraction of sp³-hybridized carbons (Fsp3) is 0.333. The number of hydrogen-bond donors (Lipinski definition) is 3. The Balaban J connectivity index is 1.83. The van der Waals surface area contributed by atoms with Gasteiger partial charge in [0.15, 0.2) is 0 Å². The maximum Gasteiger partial charge on any atom is 0.322 e. The van der Waals surface area contributed by atoms with Gasteiger partial charge in [-0.25, -0.2) is 9.78 Å². The van der Waals surface area contributed by atoms with Gasteiger partial charge < -0.3 is 16.0 Å². The van der Waals surface area contributed by atoms with Gasteiger partial charge in [0.1, 0.15) is 10.7 Å². The molecular formula is C12H12ClN5O3. The number of nitrogens with two attached hydrogens (primary N) is 1. The highest BCUT2D eigenvalue weighted by Gasteiger charge is 2.51. The van der Waals surface area contributed by atoms with Crippen LogP contribution < -0.4 is 16.4 Å². The summed E-state index contributed by atoms with van der Waals surface area (Å²) in [6, 6.07) is 0.897. The van der Waals surface area contributed by atoms with E-state index in [-0.39, 0.29) is 23.2 Å². The van der Waals surface area contributed by atoms with Crippen LogP contribution in [0.3, 0.4) is 0 Å². The van der Waals surface area contributed by atoms with Crippen LogP contribution in [0.1, 0.15) is 16.8 Å². The summed E-state index contributed by atoms with van der Waals surface area (Å²) in [6.07, 6.45) is 1.71. The van der Waals surface area contributed by atoms with Crippen molar-refractivity contribution in [3.8, 4) is 0 Å². The van der Waals surface area contributed by atoms with E-state index in [0.29, 0.717) is 18.7 Å². The monoisotopic (exact) mass is 309 g/mol. The van der Waals surface area contributed by atoms with Crippen molar-refractivity contribution in [1.82, 2.24) is 20.5 Å². The topological polar surface area (TPSA) is 117 Å². The Morgan fingerprint density at radius 1 is 1.48 bits per heavy atom. The second kappa shape index (κ2) is 4.59. The van der Waals surface area contributed by atoms with Crippen LogP contribution in [-0.2, 0) is 4.79 Å². The van der Waals surface area contributed by atoms with Gasteiger partial charge in [-0.15, -0.1) is 0 Å². The van der Waals surface area contributed by atoms with Crippen LogP contribution in [0.4, 0.5) is 10.5 Å². The number of anilines is 1. The number of carbonyl (C=O) groups is 3. The van der Waals surface area contributed by atoms with Gasteiger partial charge >= 0.3 is 6.03 Å². The molecule has 0 aromatic carbocycles. The molecule has 0 saturated carbocycles. The number of nitrogens with one attached hydrogen (secondary N) is 2. The molecule has 3 heterocycles. The van der Waals surface area contributed by atoms with Crippen molar-refractivity contribution in [2.75, 3.05) is 18.8 Å². The minimum Gasteiger partial charge on any atom is -0.397 e. The Morgan fingerprint density at radius 2 is 2.24 bits per heavy atom. The summed E-state index contributed by atoms with van der Waals surface area (Å²) in [6.45, 7) is 0.423. The third-order valence-corrected chi connectivity index (χ3v) is 3.96. The van der Waals surface area contributed by atoms with Crippen molar-refractivity contribution >= 4 is 35.1 Å². The highest BCUT2D eigenvalue weighted by atomic mass is 35.5. The van der Waals surface area contributed by atoms with E-state index in [0.717, 1.165) is 0 Å². The van der Waals surface area contributed by atoms with Crippen LogP contribution in [0, 0.1) is 0 Å². The normalized spacial score (nSPS) is 24.3. The van der Waals surface area contributed by atoms with Crippen molar-refractivity contribution in [3.63, 3.8) is 0 Å². The van der Waals surface area contributed by atoms with Gasteiger partial charge in [0.25, 0.3) is 11.8 Å². The van der Waals surface area contributed by atoms with E-state index in [1.165, 1.54) is 17.2 Å². The van der Waals surface area contributed by atoms with Crippen LogP contribution in [0.15, 0.2) is 12.3 Å². The minimum absolute atomic E-state index is 0.0510. The summed E-state index contributed by atoms with van der Waals surface area (Å²) in [4.78, 5) is 40.8. The lowest BCUT2D eigenvalue weighted by Gasteiger charge is -2.21. The lowest BCUT2D eigenvalue weighted by molar-refractivity contribution is -0.123. The number of likely N-dealkylation sites (tertiary alicyclic amines) is 1. The number of amides is 4. The van der Waals surface area contributed by atoms with Crippen LogP contribution in [0.25, 0.3) is 0 Å². The molecule has 1 aromatic heterocycles. The number of nitrogens with zero attached hydrogens (tertiary/aromatic N) is 2. The van der Waals surface area contributed by atoms with E-state index in [9.17, 15) is 14.4 Å². The number of urea groups is 1. The Labute approximate surface area is 124 Å². The molecule has 2 aliphatic rings. The zero-order valence-corrected chi connectivity index (χ0v) is 11.6. The predicted molar refractivity (Wildman–Crippen MR) is 73.6 cm³/mol. The molecule has 4 N–H and O–H groups in total. The average molecular weight is 310 g/mol. The van der Waals surface area contributed by atoms with Gasteiger partial charge in [-0.2, -0.15) is 0 Å². The first-order valence-electron chi connectivity index (χ1n) is 6.25. The molecule has 2 saturated heterocycles. The Morgan fingerprint density at radius 3 is 2.90 bits per heavy atom. The Hall–Kier alpha value is -2.35. The van der Waals surface area contributed by atoms with Gasteiger partial charge in [-0.3, -0.25) is 14.9 Å². The van der Waals surface area contributed by atoms with Crippen LogP contribution >= 0.6 is 11.6 Å². The number of halogens is 1. The molecule has 0 aliphatic carbocycles. The quantitative estimate of drug-likeness (QED) is 0.488. The highest BCUT2D eigenvalue weighted by molar-refractivity contribution is 6.32. The molecule has 4 amide bonds. The number of imide groups is 1. The molecule has 1 aromatic rings. The number of hydrogen-bond acceptors (Lipinski definition) is 5. The Kier molecular flexibility index (Phi) is 2.98. The zero-order valence-electron chi connectivity index (χ0n) is 10.9. The van der Waals surface area contributed by atoms with Crippen LogP contribution in [0.2, 0.25) is 5.15 Å². The highest BCUT2D eigenvalue weighted by Crippen LogP contribution is 2.27. The molecule has 1 unspecified atom stereocenters. The fourth-order valence-electron chi connectivity index (χ4n) is 2.58. The molecule has 1 spiro atoms. The van der Waals surface area contributed by atoms with Crippen molar-refractivity contribution in [2.45, 2.75) is 12.0 Å². The smallest absolute Gasteiger partial charge is 0.322 e. The Bertz CT molecular complexity index is 664. The largest absolute Gasteiger partial charge is 0.397 e. The van der Waals surface area contributed by atoms with Gasteiger partial charge in [0.2, 0.25) is 0 Å². The van der Waals surface area contributed by atoms with Gasteiger partial charge in [-0.05, 0) is 12.5 Å². The third-order valence-electron chi connectivity index (χ3n) is 3.66. The summed E-state index contributed by atoms with van der Waals surface area (Å²) in [5.74, 6) is -0.787. The van der Waals surface area contributed by atoms with Crippen molar-refractivity contribution < 1.29 is 14.4 Å². The predicted octanol–water partition coefficient (Wildman–Crippen LogP) is -0.259. The number of rotatable bonds is 1. The first-order valence-corrected chi connectivity index (χ1v) is 6.63. The summed E-state index contributed by atoms with van der Waals surface area (Å²) in [7, 11) is 0. The van der Waals surface area contributed by atoms with E-state index in [1.54, 1.807) is 0 Å². The first kappa shape index (κ1) is 13.6. The molecule has 2 fully saturated rings. The molecule has 21 heavy (non-hydrogen) atoms. The van der Waals surface area contributed by atoms with E-state index in [4.69, 9.17) is 17.3 Å². The standard InChI is InChI=1S/C12H12ClN5O3/c13-8-7(3-6(14)4-15-8)9(19)18-2-1-12(5-18)10(20)16-11(21)17-12/h3-4H,1-2,5,14H2,(H2,16,17,20,21). The van der Waals surface area contributed by atoms with E-state index >= 15 is 0 Å². The van der Waals surface area contributed by atoms with Crippen molar-refractivity contribution in [2.24, 2.45) is 0 Å². The summed E-state index contributed by atoms with van der Waals surface area (Å²) in [5, 5.41) is 4.81. The van der Waals surface area contributed by atoms with Crippen molar-refractivity contribution in [1.29, 1.82) is 0 Å². The molecule has 3 rings (SSSR count). The van der Waals surface area contributed by atoms with Gasteiger partial charge in [0.05, 0.1) is 24.0 Å². The molecule has 8 nitrogen and oxygen atoms in total. The molecular weight excluding hydrogens is 298 g/mol. The first-order chi connectivity index (χ1) is 9.91. The number of aromatic nitrogens is 1. The maximum absolute atomic E-state index is 12.4. The van der Waals surface area contributed by atoms with E-state index in [2.05, 4.69) is 15.6 Å². The molecule has 110 valence electrons. The number of nitrogen functional groups attached to an aromatic ring is 1. The zero-order chi connectivity index (χ0) is 15.2. The third kappa shape index (κ3) is 2.17. The fourth-order valence-corrected chi connectivity index (χ4v) is 2.77.